The van der Waals surface area contributed by atoms with E-state index in [0.29, 0.717) is 16.9 Å². The van der Waals surface area contributed by atoms with E-state index in [1.807, 2.05) is 26.8 Å². The lowest BCUT2D eigenvalue weighted by atomic mass is 9.88. The molecule has 25 heavy (non-hydrogen) atoms. The molecule has 0 aromatic heterocycles. The van der Waals surface area contributed by atoms with E-state index in [9.17, 15) is 14.4 Å². The van der Waals surface area contributed by atoms with E-state index in [1.165, 1.54) is 17.0 Å². The van der Waals surface area contributed by atoms with Crippen LogP contribution in [-0.2, 0) is 0 Å². The summed E-state index contributed by atoms with van der Waals surface area (Å²) in [6, 6.07) is 9.13. The van der Waals surface area contributed by atoms with Gasteiger partial charge >= 0.3 is 0 Å². The molecule has 0 radical (unpaired) electrons. The SMILES string of the molecule is COc1cc(C)c2c(c1C(C)C)C(C#N)N(c1ccccc1F)C2=O. The predicted octanol–water partition coefficient (Wildman–Crippen LogP) is 4.49. The lowest BCUT2D eigenvalue weighted by molar-refractivity contribution is 0.0993. The fourth-order valence-corrected chi connectivity index (χ4v) is 3.54. The molecule has 0 bridgehead atoms. The van der Waals surface area contributed by atoms with Crippen molar-refractivity contribution >= 4 is 11.6 Å². The lowest BCUT2D eigenvalue weighted by Crippen LogP contribution is -2.28. The Morgan fingerprint density at radius 2 is 2.00 bits per heavy atom. The number of fused-ring (bicyclic) bond motifs is 1. The Balaban J connectivity index is 2.32. The molecule has 1 heterocycles. The maximum absolute atomic E-state index is 14.3. The summed E-state index contributed by atoms with van der Waals surface area (Å²) in [6.07, 6.45) is 0. The second-order valence-corrected chi connectivity index (χ2v) is 6.41. The highest BCUT2D eigenvalue weighted by atomic mass is 19.1. The molecule has 0 saturated heterocycles. The van der Waals surface area contributed by atoms with E-state index in [0.717, 1.165) is 11.1 Å². The number of ether oxygens (including phenoxy) is 1. The average molecular weight is 338 g/mol. The second-order valence-electron chi connectivity index (χ2n) is 6.41. The summed E-state index contributed by atoms with van der Waals surface area (Å²) < 4.78 is 19.8. The van der Waals surface area contributed by atoms with Crippen molar-refractivity contribution in [2.75, 3.05) is 12.0 Å². The highest BCUT2D eigenvalue weighted by Gasteiger charge is 2.43. The van der Waals surface area contributed by atoms with Gasteiger partial charge in [0.2, 0.25) is 0 Å². The number of halogens is 1. The first-order valence-corrected chi connectivity index (χ1v) is 8.11. The molecule has 0 saturated carbocycles. The van der Waals surface area contributed by atoms with Crippen molar-refractivity contribution in [3.05, 3.63) is 58.4 Å². The molecule has 3 rings (SSSR count). The molecule has 1 amide bonds. The Bertz CT molecular complexity index is 899. The van der Waals surface area contributed by atoms with Crippen LogP contribution in [0.2, 0.25) is 0 Å². The molecule has 1 aliphatic rings. The summed E-state index contributed by atoms with van der Waals surface area (Å²) in [6.45, 7) is 5.78. The van der Waals surface area contributed by atoms with E-state index in [-0.39, 0.29) is 17.5 Å². The van der Waals surface area contributed by atoms with Crippen molar-refractivity contribution in [2.45, 2.75) is 32.7 Å². The molecule has 2 aromatic rings. The summed E-state index contributed by atoms with van der Waals surface area (Å²) in [7, 11) is 1.57. The number of para-hydroxylation sites is 1. The molecule has 0 spiro atoms. The molecule has 4 nitrogen and oxygen atoms in total. The molecule has 1 unspecified atom stereocenters. The van der Waals surface area contributed by atoms with Crippen LogP contribution in [-0.4, -0.2) is 13.0 Å². The van der Waals surface area contributed by atoms with Gasteiger partial charge in [0.05, 0.1) is 18.9 Å². The van der Waals surface area contributed by atoms with Crippen LogP contribution in [0.5, 0.6) is 5.75 Å². The second kappa shape index (κ2) is 6.21. The standard InChI is InChI=1S/C20H19FN2O2/c1-11(2)17-16(25-4)9-12(3)18-19(17)15(10-22)23(20(18)24)14-8-6-5-7-13(14)21/h5-9,11,15H,1-4H3. The van der Waals surface area contributed by atoms with Crippen LogP contribution < -0.4 is 9.64 Å². The van der Waals surface area contributed by atoms with Gasteiger partial charge in [0, 0.05) is 16.7 Å². The first-order valence-electron chi connectivity index (χ1n) is 8.11. The maximum Gasteiger partial charge on any atom is 0.260 e. The predicted molar refractivity (Wildman–Crippen MR) is 93.4 cm³/mol. The number of benzene rings is 2. The number of aryl methyl sites for hydroxylation is 1. The van der Waals surface area contributed by atoms with Gasteiger partial charge in [-0.1, -0.05) is 26.0 Å². The minimum Gasteiger partial charge on any atom is -0.496 e. The van der Waals surface area contributed by atoms with Gasteiger partial charge in [-0.25, -0.2) is 4.39 Å². The summed E-state index contributed by atoms with van der Waals surface area (Å²) in [5.41, 5.74) is 2.76. The number of carbonyl (C=O) groups excluding carboxylic acids is 1. The van der Waals surface area contributed by atoms with E-state index < -0.39 is 11.9 Å². The molecule has 0 N–H and O–H groups in total. The Morgan fingerprint density at radius 1 is 1.32 bits per heavy atom. The van der Waals surface area contributed by atoms with Crippen molar-refractivity contribution in [3.8, 4) is 11.8 Å². The van der Waals surface area contributed by atoms with Gasteiger partial charge in [-0.2, -0.15) is 5.26 Å². The molecular weight excluding hydrogens is 319 g/mol. The summed E-state index contributed by atoms with van der Waals surface area (Å²) in [5.74, 6) is -0.184. The van der Waals surface area contributed by atoms with Crippen LogP contribution in [0.1, 0.15) is 52.9 Å². The van der Waals surface area contributed by atoms with Gasteiger partial charge < -0.3 is 4.74 Å². The maximum atomic E-state index is 14.3. The van der Waals surface area contributed by atoms with Gasteiger partial charge in [-0.3, -0.25) is 9.69 Å². The van der Waals surface area contributed by atoms with Crippen molar-refractivity contribution in [3.63, 3.8) is 0 Å². The molecule has 5 heteroatoms. The van der Waals surface area contributed by atoms with E-state index >= 15 is 0 Å². The zero-order valence-electron chi connectivity index (χ0n) is 14.6. The fraction of sp³-hybridized carbons (Fsp3) is 0.300. The van der Waals surface area contributed by atoms with Crippen molar-refractivity contribution in [1.29, 1.82) is 5.26 Å². The quantitative estimate of drug-likeness (QED) is 0.828. The highest BCUT2D eigenvalue weighted by Crippen LogP contribution is 2.46. The Morgan fingerprint density at radius 3 is 2.56 bits per heavy atom. The molecular formula is C20H19FN2O2. The Kier molecular flexibility index (Phi) is 4.22. The monoisotopic (exact) mass is 338 g/mol. The van der Waals surface area contributed by atoms with Crippen LogP contribution >= 0.6 is 0 Å². The number of amides is 1. The van der Waals surface area contributed by atoms with Gasteiger partial charge in [0.25, 0.3) is 5.91 Å². The molecule has 2 aromatic carbocycles. The number of anilines is 1. The van der Waals surface area contributed by atoms with Crippen LogP contribution in [0.3, 0.4) is 0 Å². The number of hydrogen-bond acceptors (Lipinski definition) is 3. The number of nitrogens with zero attached hydrogens (tertiary/aromatic N) is 2. The number of nitriles is 1. The molecule has 0 aliphatic carbocycles. The Labute approximate surface area is 146 Å². The van der Waals surface area contributed by atoms with Crippen LogP contribution in [0.15, 0.2) is 30.3 Å². The van der Waals surface area contributed by atoms with Gasteiger partial charge in [-0.15, -0.1) is 0 Å². The zero-order chi connectivity index (χ0) is 18.3. The lowest BCUT2D eigenvalue weighted by Gasteiger charge is -2.22. The molecule has 128 valence electrons. The first-order chi connectivity index (χ1) is 11.9. The number of carbonyl (C=O) groups is 1. The molecule has 0 fully saturated rings. The minimum atomic E-state index is -0.884. The average Bonchev–Trinajstić information content (AvgIpc) is 2.87. The third-order valence-electron chi connectivity index (χ3n) is 4.56. The number of methoxy groups -OCH3 is 1. The minimum absolute atomic E-state index is 0.0496. The smallest absolute Gasteiger partial charge is 0.260 e. The van der Waals surface area contributed by atoms with Gasteiger partial charge in [-0.05, 0) is 36.6 Å². The fourth-order valence-electron chi connectivity index (χ4n) is 3.54. The third-order valence-corrected chi connectivity index (χ3v) is 4.56. The number of rotatable bonds is 3. The highest BCUT2D eigenvalue weighted by molar-refractivity contribution is 6.13. The molecule has 1 aliphatic heterocycles. The van der Waals surface area contributed by atoms with E-state index in [1.54, 1.807) is 19.2 Å². The molecule has 1 atom stereocenters. The van der Waals surface area contributed by atoms with Crippen molar-refractivity contribution in [1.82, 2.24) is 0 Å². The largest absolute Gasteiger partial charge is 0.496 e. The normalized spacial score (nSPS) is 16.1. The summed E-state index contributed by atoms with van der Waals surface area (Å²) >= 11 is 0. The van der Waals surface area contributed by atoms with Crippen molar-refractivity contribution < 1.29 is 13.9 Å². The van der Waals surface area contributed by atoms with E-state index in [2.05, 4.69) is 6.07 Å². The summed E-state index contributed by atoms with van der Waals surface area (Å²) in [5, 5.41) is 9.81. The summed E-state index contributed by atoms with van der Waals surface area (Å²) in [4.78, 5) is 14.3. The zero-order valence-corrected chi connectivity index (χ0v) is 14.6. The van der Waals surface area contributed by atoms with Gasteiger partial charge in [0.15, 0.2) is 6.04 Å². The topological polar surface area (TPSA) is 53.3 Å². The van der Waals surface area contributed by atoms with Crippen LogP contribution in [0.4, 0.5) is 10.1 Å². The van der Waals surface area contributed by atoms with Crippen LogP contribution in [0, 0.1) is 24.1 Å². The third kappa shape index (κ3) is 2.45. The van der Waals surface area contributed by atoms with E-state index in [4.69, 9.17) is 4.74 Å². The van der Waals surface area contributed by atoms with Crippen molar-refractivity contribution in [2.24, 2.45) is 0 Å². The first kappa shape index (κ1) is 17.0. The van der Waals surface area contributed by atoms with Gasteiger partial charge in [0.1, 0.15) is 11.6 Å². The Hall–Kier alpha value is -2.87. The number of hydrogen-bond donors (Lipinski definition) is 0. The van der Waals surface area contributed by atoms with Crippen LogP contribution in [0.25, 0.3) is 0 Å².